The van der Waals surface area contributed by atoms with Crippen LogP contribution in [0.15, 0.2) is 30.5 Å². The lowest BCUT2D eigenvalue weighted by molar-refractivity contribution is 0.111. The average Bonchev–Trinajstić information content (AvgIpc) is 2.36. The van der Waals surface area contributed by atoms with Gasteiger partial charge >= 0.3 is 0 Å². The first kappa shape index (κ1) is 12.4. The highest BCUT2D eigenvalue weighted by molar-refractivity contribution is 6.49. The summed E-state index contributed by atoms with van der Waals surface area (Å²) in [4.78, 5) is 14.9. The Kier molecular flexibility index (Phi) is 3.67. The molecule has 86 valence electrons. The van der Waals surface area contributed by atoms with E-state index in [0.29, 0.717) is 33.2 Å². The van der Waals surface area contributed by atoms with Crippen LogP contribution in [0.5, 0.6) is 0 Å². The number of pyridine rings is 1. The van der Waals surface area contributed by atoms with Crippen molar-refractivity contribution in [2.45, 2.75) is 0 Å². The van der Waals surface area contributed by atoms with Crippen LogP contribution < -0.4 is 0 Å². The molecule has 2 nitrogen and oxygen atoms in total. The van der Waals surface area contributed by atoms with Gasteiger partial charge in [0.05, 0.1) is 15.1 Å². The van der Waals surface area contributed by atoms with Gasteiger partial charge in [0.2, 0.25) is 0 Å². The van der Waals surface area contributed by atoms with Crippen LogP contribution in [-0.4, -0.2) is 11.3 Å². The summed E-state index contributed by atoms with van der Waals surface area (Å²) in [5, 5.41) is 0.957. The van der Waals surface area contributed by atoms with E-state index in [1.807, 2.05) is 0 Å². The minimum Gasteiger partial charge on any atom is -0.296 e. The van der Waals surface area contributed by atoms with E-state index in [2.05, 4.69) is 4.98 Å². The molecule has 0 aliphatic carbocycles. The van der Waals surface area contributed by atoms with Crippen molar-refractivity contribution >= 4 is 41.1 Å². The van der Waals surface area contributed by atoms with Gasteiger partial charge in [-0.05, 0) is 12.1 Å². The predicted molar refractivity (Wildman–Crippen MR) is 70.1 cm³/mol. The van der Waals surface area contributed by atoms with Gasteiger partial charge in [-0.3, -0.25) is 9.78 Å². The summed E-state index contributed by atoms with van der Waals surface area (Å²) >= 11 is 17.9. The number of carbonyl (C=O) groups is 1. The summed E-state index contributed by atoms with van der Waals surface area (Å²) in [7, 11) is 0. The Morgan fingerprint density at radius 2 is 1.76 bits per heavy atom. The molecule has 1 aromatic carbocycles. The second-order valence-corrected chi connectivity index (χ2v) is 4.44. The Hall–Kier alpha value is -1.09. The Morgan fingerprint density at radius 3 is 2.47 bits per heavy atom. The topological polar surface area (TPSA) is 30.0 Å². The van der Waals surface area contributed by atoms with E-state index in [9.17, 15) is 4.79 Å². The number of aromatic nitrogens is 1. The Labute approximate surface area is 113 Å². The van der Waals surface area contributed by atoms with E-state index < -0.39 is 0 Å². The van der Waals surface area contributed by atoms with Gasteiger partial charge in [-0.2, -0.15) is 0 Å². The van der Waals surface area contributed by atoms with Gasteiger partial charge in [0, 0.05) is 17.3 Å². The molecule has 1 heterocycles. The van der Waals surface area contributed by atoms with Crippen LogP contribution in [0.3, 0.4) is 0 Å². The SMILES string of the molecule is O=Cc1ncccc1-c1ccc(Cl)c(Cl)c1Cl. The number of halogens is 3. The quantitative estimate of drug-likeness (QED) is 0.600. The maximum atomic E-state index is 10.9. The summed E-state index contributed by atoms with van der Waals surface area (Å²) in [5.74, 6) is 0. The highest BCUT2D eigenvalue weighted by Crippen LogP contribution is 2.38. The third-order valence-corrected chi connectivity index (χ3v) is 3.57. The fraction of sp³-hybridized carbons (Fsp3) is 0. The normalized spacial score (nSPS) is 10.3. The number of hydrogen-bond donors (Lipinski definition) is 0. The van der Waals surface area contributed by atoms with Crippen LogP contribution >= 0.6 is 34.8 Å². The summed E-state index contributed by atoms with van der Waals surface area (Å²) < 4.78 is 0. The highest BCUT2D eigenvalue weighted by atomic mass is 35.5. The van der Waals surface area contributed by atoms with Crippen molar-refractivity contribution in [3.63, 3.8) is 0 Å². The molecule has 0 aliphatic rings. The molecule has 0 bridgehead atoms. The molecule has 0 fully saturated rings. The number of hydrogen-bond acceptors (Lipinski definition) is 2. The third kappa shape index (κ3) is 2.29. The first-order valence-electron chi connectivity index (χ1n) is 4.69. The number of rotatable bonds is 2. The lowest BCUT2D eigenvalue weighted by atomic mass is 10.0. The van der Waals surface area contributed by atoms with E-state index in [4.69, 9.17) is 34.8 Å². The number of aldehydes is 1. The van der Waals surface area contributed by atoms with E-state index in [-0.39, 0.29) is 5.02 Å². The van der Waals surface area contributed by atoms with Gasteiger partial charge in [-0.1, -0.05) is 46.9 Å². The average molecular weight is 287 g/mol. The van der Waals surface area contributed by atoms with Crippen molar-refractivity contribution in [3.05, 3.63) is 51.2 Å². The summed E-state index contributed by atoms with van der Waals surface area (Å²) in [6.45, 7) is 0. The smallest absolute Gasteiger partial charge is 0.169 e. The molecule has 0 saturated carbocycles. The van der Waals surface area contributed by atoms with Crippen LogP contribution in [0.1, 0.15) is 10.5 Å². The van der Waals surface area contributed by atoms with Gasteiger partial charge in [-0.15, -0.1) is 0 Å². The zero-order valence-electron chi connectivity index (χ0n) is 8.45. The minimum atomic E-state index is 0.270. The first-order chi connectivity index (χ1) is 8.15. The molecule has 0 N–H and O–H groups in total. The van der Waals surface area contributed by atoms with Crippen molar-refractivity contribution in [1.29, 1.82) is 0 Å². The molecule has 17 heavy (non-hydrogen) atoms. The molecular formula is C12H6Cl3NO. The van der Waals surface area contributed by atoms with Crippen molar-refractivity contribution in [1.82, 2.24) is 4.98 Å². The fourth-order valence-electron chi connectivity index (χ4n) is 1.47. The van der Waals surface area contributed by atoms with Crippen molar-refractivity contribution in [2.75, 3.05) is 0 Å². The van der Waals surface area contributed by atoms with Crippen LogP contribution in [0.2, 0.25) is 15.1 Å². The Morgan fingerprint density at radius 1 is 1.00 bits per heavy atom. The molecule has 0 aliphatic heterocycles. The van der Waals surface area contributed by atoms with Crippen LogP contribution in [0.25, 0.3) is 11.1 Å². The molecule has 5 heteroatoms. The second-order valence-electron chi connectivity index (χ2n) is 3.28. The number of nitrogens with zero attached hydrogens (tertiary/aromatic N) is 1. The highest BCUT2D eigenvalue weighted by Gasteiger charge is 2.13. The largest absolute Gasteiger partial charge is 0.296 e. The molecule has 0 radical (unpaired) electrons. The predicted octanol–water partition coefficient (Wildman–Crippen LogP) is 4.52. The lowest BCUT2D eigenvalue weighted by Gasteiger charge is -2.08. The Bertz CT molecular complexity index is 584. The Balaban J connectivity index is 2.69. The van der Waals surface area contributed by atoms with Gasteiger partial charge in [0.1, 0.15) is 5.69 Å². The van der Waals surface area contributed by atoms with E-state index >= 15 is 0 Å². The van der Waals surface area contributed by atoms with Crippen LogP contribution in [-0.2, 0) is 0 Å². The molecule has 0 spiro atoms. The molecule has 0 amide bonds. The van der Waals surface area contributed by atoms with Crippen molar-refractivity contribution in [3.8, 4) is 11.1 Å². The van der Waals surface area contributed by atoms with Gasteiger partial charge in [0.25, 0.3) is 0 Å². The first-order valence-corrected chi connectivity index (χ1v) is 5.82. The molecule has 2 rings (SSSR count). The summed E-state index contributed by atoms with van der Waals surface area (Å²) in [6.07, 6.45) is 2.22. The van der Waals surface area contributed by atoms with Crippen LogP contribution in [0.4, 0.5) is 0 Å². The molecule has 1 aromatic heterocycles. The third-order valence-electron chi connectivity index (χ3n) is 2.28. The number of benzene rings is 1. The molecule has 0 saturated heterocycles. The molecule has 2 aromatic rings. The zero-order chi connectivity index (χ0) is 12.4. The maximum absolute atomic E-state index is 10.9. The van der Waals surface area contributed by atoms with Crippen molar-refractivity contribution in [2.24, 2.45) is 0 Å². The monoisotopic (exact) mass is 285 g/mol. The standard InChI is InChI=1S/C12H6Cl3NO/c13-9-4-3-8(11(14)12(9)15)7-2-1-5-16-10(7)6-17/h1-6H. The van der Waals surface area contributed by atoms with Crippen molar-refractivity contribution < 1.29 is 4.79 Å². The van der Waals surface area contributed by atoms with E-state index in [1.165, 1.54) is 0 Å². The summed E-state index contributed by atoms with van der Waals surface area (Å²) in [5.41, 5.74) is 1.58. The van der Waals surface area contributed by atoms with Gasteiger partial charge < -0.3 is 0 Å². The fourth-order valence-corrected chi connectivity index (χ4v) is 2.11. The van der Waals surface area contributed by atoms with Gasteiger partial charge in [-0.25, -0.2) is 0 Å². The summed E-state index contributed by atoms with van der Waals surface area (Å²) in [6, 6.07) is 6.82. The minimum absolute atomic E-state index is 0.270. The maximum Gasteiger partial charge on any atom is 0.169 e. The molecule has 0 atom stereocenters. The van der Waals surface area contributed by atoms with E-state index in [1.54, 1.807) is 30.5 Å². The van der Waals surface area contributed by atoms with Gasteiger partial charge in [0.15, 0.2) is 6.29 Å². The lowest BCUT2D eigenvalue weighted by Crippen LogP contribution is -1.92. The number of carbonyl (C=O) groups excluding carboxylic acids is 1. The molecular weight excluding hydrogens is 280 g/mol. The second kappa shape index (κ2) is 5.05. The zero-order valence-corrected chi connectivity index (χ0v) is 10.7. The van der Waals surface area contributed by atoms with E-state index in [0.717, 1.165) is 0 Å². The molecule has 0 unspecified atom stereocenters. The van der Waals surface area contributed by atoms with Crippen LogP contribution in [0, 0.1) is 0 Å².